The first-order valence-corrected chi connectivity index (χ1v) is 7.74. The molecule has 1 heterocycles. The summed E-state index contributed by atoms with van der Waals surface area (Å²) in [6.45, 7) is 5.99. The molecular formula is C19H24N2O. The number of likely N-dealkylation sites (N-methyl/N-ethyl adjacent to an activating group) is 1. The largest absolute Gasteiger partial charge is 0.310 e. The predicted octanol–water partition coefficient (Wildman–Crippen LogP) is 3.59. The number of benzene rings is 1. The van der Waals surface area contributed by atoms with Gasteiger partial charge < -0.3 is 5.32 Å². The van der Waals surface area contributed by atoms with Crippen LogP contribution in [0.1, 0.15) is 37.8 Å². The second kappa shape index (κ2) is 7.32. The monoisotopic (exact) mass is 296 g/mol. The van der Waals surface area contributed by atoms with E-state index in [9.17, 15) is 4.79 Å². The van der Waals surface area contributed by atoms with Gasteiger partial charge in [-0.15, -0.1) is 0 Å². The maximum Gasteiger partial charge on any atom is 0.147 e. The van der Waals surface area contributed by atoms with Crippen molar-refractivity contribution in [2.24, 2.45) is 0 Å². The number of aromatic nitrogens is 1. The molecule has 0 spiro atoms. The van der Waals surface area contributed by atoms with Crippen LogP contribution in [0.4, 0.5) is 0 Å². The number of Topliss-reactive ketones (excluding diaryl/α,β-unsaturated/α-hetero) is 1. The molecular weight excluding hydrogens is 272 g/mol. The number of nitrogens with zero attached hydrogens (tertiary/aromatic N) is 1. The normalized spacial score (nSPS) is 12.4. The van der Waals surface area contributed by atoms with Gasteiger partial charge in [0.15, 0.2) is 0 Å². The van der Waals surface area contributed by atoms with Crippen LogP contribution in [0.5, 0.6) is 0 Å². The molecule has 0 aliphatic heterocycles. The van der Waals surface area contributed by atoms with Crippen LogP contribution in [0.25, 0.3) is 11.3 Å². The van der Waals surface area contributed by atoms with Gasteiger partial charge in [0.2, 0.25) is 0 Å². The fraction of sp³-hybridized carbons (Fsp3) is 0.368. The second-order valence-electron chi connectivity index (χ2n) is 5.98. The Morgan fingerprint density at radius 2 is 1.82 bits per heavy atom. The third kappa shape index (κ3) is 4.01. The number of pyridine rings is 1. The fourth-order valence-electron chi connectivity index (χ4n) is 2.44. The molecule has 0 saturated carbocycles. The molecule has 116 valence electrons. The summed E-state index contributed by atoms with van der Waals surface area (Å²) in [7, 11) is 1.81. The molecule has 0 fully saturated rings. The van der Waals surface area contributed by atoms with Gasteiger partial charge in [0.25, 0.3) is 0 Å². The number of hydrogen-bond acceptors (Lipinski definition) is 3. The average molecular weight is 296 g/mol. The van der Waals surface area contributed by atoms with E-state index >= 15 is 0 Å². The van der Waals surface area contributed by atoms with Crippen molar-refractivity contribution in [3.8, 4) is 11.3 Å². The third-order valence-corrected chi connectivity index (χ3v) is 3.98. The number of hydrogen-bond donors (Lipinski definition) is 1. The second-order valence-corrected chi connectivity index (χ2v) is 5.98. The Kier molecular flexibility index (Phi) is 5.45. The Labute approximate surface area is 132 Å². The van der Waals surface area contributed by atoms with Gasteiger partial charge in [-0.05, 0) is 43.5 Å². The van der Waals surface area contributed by atoms with Crippen LogP contribution in [0.2, 0.25) is 0 Å². The zero-order valence-corrected chi connectivity index (χ0v) is 13.8. The van der Waals surface area contributed by atoms with Crippen LogP contribution in [0.3, 0.4) is 0 Å². The van der Waals surface area contributed by atoms with Crippen molar-refractivity contribution < 1.29 is 4.79 Å². The lowest BCUT2D eigenvalue weighted by atomic mass is 10.00. The molecule has 1 atom stereocenters. The molecule has 0 bridgehead atoms. The lowest BCUT2D eigenvalue weighted by molar-refractivity contribution is -0.118. The van der Waals surface area contributed by atoms with E-state index in [0.717, 1.165) is 16.8 Å². The Balaban J connectivity index is 2.13. The topological polar surface area (TPSA) is 42.0 Å². The highest BCUT2D eigenvalue weighted by Gasteiger charge is 2.12. The predicted molar refractivity (Wildman–Crippen MR) is 91.0 cm³/mol. The molecule has 3 heteroatoms. The minimum absolute atomic E-state index is 0.141. The van der Waals surface area contributed by atoms with Crippen LogP contribution in [0, 0.1) is 0 Å². The molecule has 1 aromatic heterocycles. The number of nitrogens with one attached hydrogen (secondary N) is 1. The van der Waals surface area contributed by atoms with Gasteiger partial charge in [0.05, 0.1) is 11.7 Å². The molecule has 2 rings (SSSR count). The van der Waals surface area contributed by atoms with Crippen molar-refractivity contribution in [2.45, 2.75) is 39.2 Å². The van der Waals surface area contributed by atoms with Crippen LogP contribution >= 0.6 is 0 Å². The number of ketones is 1. The smallest absolute Gasteiger partial charge is 0.147 e. The van der Waals surface area contributed by atoms with E-state index in [1.54, 1.807) is 6.92 Å². The van der Waals surface area contributed by atoms with Crippen LogP contribution in [-0.2, 0) is 11.2 Å². The molecule has 3 nitrogen and oxygen atoms in total. The first-order chi connectivity index (χ1) is 10.5. The van der Waals surface area contributed by atoms with Crippen LogP contribution in [-0.4, -0.2) is 23.9 Å². The van der Waals surface area contributed by atoms with Crippen molar-refractivity contribution in [3.63, 3.8) is 0 Å². The Hall–Kier alpha value is -2.00. The maximum absolute atomic E-state index is 11.5. The Morgan fingerprint density at radius 3 is 2.27 bits per heavy atom. The molecule has 22 heavy (non-hydrogen) atoms. The summed E-state index contributed by atoms with van der Waals surface area (Å²) in [6.07, 6.45) is 2.53. The minimum Gasteiger partial charge on any atom is -0.310 e. The number of carbonyl (C=O) groups excluding carboxylic acids is 1. The summed E-state index contributed by atoms with van der Waals surface area (Å²) >= 11 is 0. The Morgan fingerprint density at radius 1 is 1.14 bits per heavy atom. The van der Waals surface area contributed by atoms with Crippen molar-refractivity contribution in [3.05, 3.63) is 53.7 Å². The standard InChI is InChI=1S/C19H24N2O/c1-13(2)16-6-8-17(9-7-16)18-10-5-15(12-21-18)11-19(20-4)14(3)22/h5-10,12-13,19-20H,11H2,1-4H3/t19-/m0/s1. The fourth-order valence-corrected chi connectivity index (χ4v) is 2.44. The van der Waals surface area contributed by atoms with Gasteiger partial charge in [-0.3, -0.25) is 9.78 Å². The van der Waals surface area contributed by atoms with Crippen LogP contribution < -0.4 is 5.32 Å². The molecule has 0 saturated heterocycles. The van der Waals surface area contributed by atoms with Crippen molar-refractivity contribution in [1.29, 1.82) is 0 Å². The Bertz CT molecular complexity index is 615. The molecule has 0 aliphatic carbocycles. The molecule has 1 aromatic carbocycles. The molecule has 0 radical (unpaired) electrons. The highest BCUT2D eigenvalue weighted by molar-refractivity contribution is 5.81. The summed E-state index contributed by atoms with van der Waals surface area (Å²) in [4.78, 5) is 16.0. The maximum atomic E-state index is 11.5. The summed E-state index contributed by atoms with van der Waals surface area (Å²) in [5.41, 5.74) is 4.48. The highest BCUT2D eigenvalue weighted by atomic mass is 16.1. The van der Waals surface area contributed by atoms with Gasteiger partial charge >= 0.3 is 0 Å². The zero-order chi connectivity index (χ0) is 16.1. The van der Waals surface area contributed by atoms with Crippen molar-refractivity contribution in [2.75, 3.05) is 7.05 Å². The third-order valence-electron chi connectivity index (χ3n) is 3.98. The lowest BCUT2D eigenvalue weighted by Gasteiger charge is -2.12. The summed E-state index contributed by atoms with van der Waals surface area (Å²) < 4.78 is 0. The first-order valence-electron chi connectivity index (χ1n) is 7.74. The number of carbonyl (C=O) groups is 1. The molecule has 2 aromatic rings. The van der Waals surface area contributed by atoms with E-state index in [1.165, 1.54) is 5.56 Å². The average Bonchev–Trinajstić information content (AvgIpc) is 2.53. The SMILES string of the molecule is CN[C@@H](Cc1ccc(-c2ccc(C(C)C)cc2)nc1)C(C)=O. The molecule has 0 aliphatic rings. The summed E-state index contributed by atoms with van der Waals surface area (Å²) in [5.74, 6) is 0.685. The van der Waals surface area contributed by atoms with E-state index in [0.29, 0.717) is 12.3 Å². The molecule has 0 unspecified atom stereocenters. The summed E-state index contributed by atoms with van der Waals surface area (Å²) in [6, 6.07) is 12.5. The van der Waals surface area contributed by atoms with E-state index in [-0.39, 0.29) is 11.8 Å². The minimum atomic E-state index is -0.141. The zero-order valence-electron chi connectivity index (χ0n) is 13.8. The van der Waals surface area contributed by atoms with Gasteiger partial charge in [-0.2, -0.15) is 0 Å². The summed E-state index contributed by atoms with van der Waals surface area (Å²) in [5, 5.41) is 3.04. The van der Waals surface area contributed by atoms with Gasteiger partial charge in [-0.25, -0.2) is 0 Å². The van der Waals surface area contributed by atoms with E-state index in [1.807, 2.05) is 25.4 Å². The number of rotatable bonds is 6. The first kappa shape index (κ1) is 16.4. The van der Waals surface area contributed by atoms with Crippen molar-refractivity contribution in [1.82, 2.24) is 10.3 Å². The van der Waals surface area contributed by atoms with Gasteiger partial charge in [0, 0.05) is 11.8 Å². The van der Waals surface area contributed by atoms with E-state index in [2.05, 4.69) is 48.4 Å². The highest BCUT2D eigenvalue weighted by Crippen LogP contribution is 2.21. The van der Waals surface area contributed by atoms with Gasteiger partial charge in [0.1, 0.15) is 5.78 Å². The van der Waals surface area contributed by atoms with Crippen LogP contribution in [0.15, 0.2) is 42.6 Å². The molecule has 0 amide bonds. The molecule has 1 N–H and O–H groups in total. The van der Waals surface area contributed by atoms with E-state index in [4.69, 9.17) is 0 Å². The van der Waals surface area contributed by atoms with Crippen molar-refractivity contribution >= 4 is 5.78 Å². The van der Waals surface area contributed by atoms with E-state index < -0.39 is 0 Å². The lowest BCUT2D eigenvalue weighted by Crippen LogP contribution is -2.34. The quantitative estimate of drug-likeness (QED) is 0.885. The van der Waals surface area contributed by atoms with Gasteiger partial charge in [-0.1, -0.05) is 44.2 Å².